The number of alkyl halides is 2. The van der Waals surface area contributed by atoms with Crippen LogP contribution in [0.2, 0.25) is 0 Å². The Morgan fingerprint density at radius 3 is 2.13 bits per heavy atom. The van der Waals surface area contributed by atoms with E-state index in [1.807, 2.05) is 12.1 Å². The Morgan fingerprint density at radius 1 is 0.967 bits per heavy atom. The molecule has 0 saturated carbocycles. The normalized spacial score (nSPS) is 26.9. The number of benzene rings is 1. The van der Waals surface area contributed by atoms with Crippen LogP contribution < -0.4 is 4.90 Å². The van der Waals surface area contributed by atoms with E-state index in [4.69, 9.17) is 32.8 Å². The van der Waals surface area contributed by atoms with Crippen LogP contribution in [-0.2, 0) is 16.0 Å². The molecule has 5 atom stereocenters. The van der Waals surface area contributed by atoms with Crippen molar-refractivity contribution < 1.29 is 30.0 Å². The van der Waals surface area contributed by atoms with Gasteiger partial charge in [-0.1, -0.05) is 12.1 Å². The molecule has 0 radical (unpaired) electrons. The van der Waals surface area contributed by atoms with Crippen molar-refractivity contribution in [2.75, 3.05) is 50.0 Å². The summed E-state index contributed by atoms with van der Waals surface area (Å²) in [5.74, 6) is 1.06. The van der Waals surface area contributed by atoms with Crippen molar-refractivity contribution in [3.8, 4) is 0 Å². The average molecular weight is 467 g/mol. The fourth-order valence-corrected chi connectivity index (χ4v) is 3.94. The highest BCUT2D eigenvalue weighted by atomic mass is 35.5. The van der Waals surface area contributed by atoms with E-state index in [0.29, 0.717) is 24.7 Å². The number of anilines is 1. The third-order valence-corrected chi connectivity index (χ3v) is 5.58. The van der Waals surface area contributed by atoms with Gasteiger partial charge in [-0.05, 0) is 30.5 Å². The largest absolute Gasteiger partial charge is 0.394 e. The fraction of sp³-hybridized carbons (Fsp3) is 0.700. The topological polar surface area (TPSA) is 106 Å². The molecule has 8 nitrogen and oxygen atoms in total. The Labute approximate surface area is 187 Å². The van der Waals surface area contributed by atoms with Crippen LogP contribution in [0.15, 0.2) is 24.3 Å². The Kier molecular flexibility index (Phi) is 11.1. The summed E-state index contributed by atoms with van der Waals surface area (Å²) in [5, 5.41) is 40.9. The summed E-state index contributed by atoms with van der Waals surface area (Å²) in [6, 6.07) is 8.19. The number of hydroxylamine groups is 2. The molecule has 1 saturated heterocycles. The summed E-state index contributed by atoms with van der Waals surface area (Å²) in [5.41, 5.74) is 2.21. The smallest absolute Gasteiger partial charge is 0.162 e. The van der Waals surface area contributed by atoms with Crippen LogP contribution in [0.3, 0.4) is 0 Å². The van der Waals surface area contributed by atoms with Crippen LogP contribution in [0.4, 0.5) is 5.69 Å². The van der Waals surface area contributed by atoms with Gasteiger partial charge < -0.3 is 30.1 Å². The molecule has 0 aromatic heterocycles. The van der Waals surface area contributed by atoms with Crippen molar-refractivity contribution >= 4 is 28.9 Å². The van der Waals surface area contributed by atoms with Crippen molar-refractivity contribution in [2.45, 2.75) is 43.5 Å². The standard InChI is InChI=1S/C20H32Cl2N2O6/c1-29-24(20-19(28)18(27)17(26)16(13-25)30-20)10-2-3-14-4-6-15(7-5-14)23(11-8-21)12-9-22/h4-7,16-20,25-28H,2-3,8-13H2,1H3/t16-,17+,18+,19-,20?/m0/s1. The first-order valence-corrected chi connectivity index (χ1v) is 11.1. The van der Waals surface area contributed by atoms with E-state index in [0.717, 1.165) is 30.8 Å². The van der Waals surface area contributed by atoms with E-state index in [-0.39, 0.29) is 0 Å². The van der Waals surface area contributed by atoms with Gasteiger partial charge in [0.1, 0.15) is 24.4 Å². The van der Waals surface area contributed by atoms with Crippen LogP contribution >= 0.6 is 23.2 Å². The lowest BCUT2D eigenvalue weighted by Gasteiger charge is -2.43. The molecule has 1 unspecified atom stereocenters. The van der Waals surface area contributed by atoms with Gasteiger partial charge in [0, 0.05) is 37.1 Å². The van der Waals surface area contributed by atoms with Crippen molar-refractivity contribution in [3.63, 3.8) is 0 Å². The van der Waals surface area contributed by atoms with Gasteiger partial charge in [0.25, 0.3) is 0 Å². The second-order valence-corrected chi connectivity index (χ2v) is 7.93. The number of aliphatic hydroxyl groups is 4. The minimum atomic E-state index is -1.44. The number of nitrogens with zero attached hydrogens (tertiary/aromatic N) is 2. The summed E-state index contributed by atoms with van der Waals surface area (Å²) >= 11 is 11.7. The van der Waals surface area contributed by atoms with Crippen molar-refractivity contribution in [3.05, 3.63) is 29.8 Å². The highest BCUT2D eigenvalue weighted by Gasteiger charge is 2.45. The van der Waals surface area contributed by atoms with E-state index in [1.54, 1.807) is 0 Å². The van der Waals surface area contributed by atoms with Gasteiger partial charge in [-0.15, -0.1) is 23.2 Å². The van der Waals surface area contributed by atoms with E-state index < -0.39 is 37.3 Å². The molecule has 172 valence electrons. The predicted octanol–water partition coefficient (Wildman–Crippen LogP) is 0.566. The number of hydrogen-bond donors (Lipinski definition) is 4. The van der Waals surface area contributed by atoms with Crippen LogP contribution in [0.1, 0.15) is 12.0 Å². The van der Waals surface area contributed by atoms with Crippen LogP contribution in [-0.4, -0.2) is 101 Å². The molecule has 0 spiro atoms. The van der Waals surface area contributed by atoms with E-state index in [1.165, 1.54) is 12.2 Å². The van der Waals surface area contributed by atoms with Crippen LogP contribution in [0.25, 0.3) is 0 Å². The third kappa shape index (κ3) is 6.66. The van der Waals surface area contributed by atoms with E-state index >= 15 is 0 Å². The Bertz CT molecular complexity index is 603. The minimum Gasteiger partial charge on any atom is -0.394 e. The zero-order chi connectivity index (χ0) is 22.1. The zero-order valence-corrected chi connectivity index (χ0v) is 18.6. The molecule has 1 aliphatic rings. The SMILES string of the molecule is CON(CCCc1ccc(N(CCCl)CCCl)cc1)C1O[C@@H](CO)[C@@H](O)[C@@H](O)[C@@H]1O. The summed E-state index contributed by atoms with van der Waals surface area (Å²) < 4.78 is 5.54. The second-order valence-electron chi connectivity index (χ2n) is 7.18. The first-order chi connectivity index (χ1) is 14.5. The monoisotopic (exact) mass is 466 g/mol. The maximum absolute atomic E-state index is 10.2. The van der Waals surface area contributed by atoms with Crippen molar-refractivity contribution in [1.82, 2.24) is 5.06 Å². The molecule has 10 heteroatoms. The minimum absolute atomic E-state index is 0.422. The van der Waals surface area contributed by atoms with Gasteiger partial charge in [-0.25, -0.2) is 0 Å². The average Bonchev–Trinajstić information content (AvgIpc) is 2.76. The molecular weight excluding hydrogens is 435 g/mol. The summed E-state index contributed by atoms with van der Waals surface area (Å²) in [6.45, 7) is 1.41. The van der Waals surface area contributed by atoms with Crippen molar-refractivity contribution in [2.24, 2.45) is 0 Å². The van der Waals surface area contributed by atoms with E-state index in [9.17, 15) is 20.4 Å². The molecule has 1 aromatic carbocycles. The molecule has 1 aliphatic heterocycles. The lowest BCUT2D eigenvalue weighted by Crippen LogP contribution is -2.63. The molecule has 1 aromatic rings. The van der Waals surface area contributed by atoms with Gasteiger partial charge in [-0.3, -0.25) is 4.84 Å². The molecule has 2 rings (SSSR count). The molecule has 1 heterocycles. The fourth-order valence-electron chi connectivity index (χ4n) is 3.53. The third-order valence-electron chi connectivity index (χ3n) is 5.24. The van der Waals surface area contributed by atoms with Gasteiger partial charge in [0.15, 0.2) is 6.23 Å². The second kappa shape index (κ2) is 13.0. The summed E-state index contributed by atoms with van der Waals surface area (Å²) in [7, 11) is 1.44. The molecule has 0 bridgehead atoms. The number of aryl methyl sites for hydroxylation is 1. The first-order valence-electron chi connectivity index (χ1n) is 10.0. The highest BCUT2D eigenvalue weighted by Crippen LogP contribution is 2.24. The lowest BCUT2D eigenvalue weighted by molar-refractivity contribution is -0.327. The van der Waals surface area contributed by atoms with Gasteiger partial charge in [-0.2, -0.15) is 5.06 Å². The quantitative estimate of drug-likeness (QED) is 0.261. The zero-order valence-electron chi connectivity index (χ0n) is 17.1. The number of halogens is 2. The number of aliphatic hydroxyl groups excluding tert-OH is 4. The molecule has 0 amide bonds. The molecule has 30 heavy (non-hydrogen) atoms. The first kappa shape index (κ1) is 25.6. The lowest BCUT2D eigenvalue weighted by atomic mass is 9.98. The molecule has 1 fully saturated rings. The Hall–Kier alpha value is -0.680. The summed E-state index contributed by atoms with van der Waals surface area (Å²) in [6.07, 6.45) is -4.68. The summed E-state index contributed by atoms with van der Waals surface area (Å²) in [4.78, 5) is 7.46. The number of rotatable bonds is 12. The Morgan fingerprint density at radius 2 is 1.60 bits per heavy atom. The maximum atomic E-state index is 10.2. The number of hydrogen-bond acceptors (Lipinski definition) is 8. The van der Waals surface area contributed by atoms with Gasteiger partial charge in [0.05, 0.1) is 13.7 Å². The Balaban J connectivity index is 1.91. The van der Waals surface area contributed by atoms with E-state index in [2.05, 4.69) is 17.0 Å². The predicted molar refractivity (Wildman–Crippen MR) is 116 cm³/mol. The molecule has 0 aliphatic carbocycles. The van der Waals surface area contributed by atoms with Crippen LogP contribution in [0.5, 0.6) is 0 Å². The van der Waals surface area contributed by atoms with Gasteiger partial charge in [0.2, 0.25) is 0 Å². The van der Waals surface area contributed by atoms with Crippen LogP contribution in [0, 0.1) is 0 Å². The maximum Gasteiger partial charge on any atom is 0.162 e. The number of ether oxygens (including phenoxy) is 1. The molecular formula is C20H32Cl2N2O6. The van der Waals surface area contributed by atoms with Crippen molar-refractivity contribution in [1.29, 1.82) is 0 Å². The molecule has 4 N–H and O–H groups in total. The van der Waals surface area contributed by atoms with Gasteiger partial charge >= 0.3 is 0 Å². The highest BCUT2D eigenvalue weighted by molar-refractivity contribution is 6.18.